The fourth-order valence-corrected chi connectivity index (χ4v) is 4.81. The van der Waals surface area contributed by atoms with E-state index >= 15 is 0 Å². The molecule has 0 aliphatic carbocycles. The second-order valence-corrected chi connectivity index (χ2v) is 8.40. The summed E-state index contributed by atoms with van der Waals surface area (Å²) in [6.07, 6.45) is 0. The molecule has 1 fully saturated rings. The lowest BCUT2D eigenvalue weighted by Gasteiger charge is -2.20. The lowest BCUT2D eigenvalue weighted by atomic mass is 10.2. The van der Waals surface area contributed by atoms with Gasteiger partial charge in [-0.05, 0) is 18.1 Å². The molecule has 1 aromatic heterocycles. The summed E-state index contributed by atoms with van der Waals surface area (Å²) in [5.41, 5.74) is 0.771. The zero-order valence-corrected chi connectivity index (χ0v) is 13.5. The average Bonchev–Trinajstić information content (AvgIpc) is 2.65. The van der Waals surface area contributed by atoms with Crippen LogP contribution >= 0.6 is 11.6 Å². The molecule has 2 aromatic rings. The van der Waals surface area contributed by atoms with Crippen molar-refractivity contribution >= 4 is 32.4 Å². The second-order valence-electron chi connectivity index (χ2n) is 5.79. The van der Waals surface area contributed by atoms with Gasteiger partial charge in [0.15, 0.2) is 9.84 Å². The third kappa shape index (κ3) is 3.25. The zero-order valence-electron chi connectivity index (χ0n) is 11.9. The Morgan fingerprint density at radius 3 is 2.90 bits per heavy atom. The van der Waals surface area contributed by atoms with Crippen molar-refractivity contribution in [3.63, 3.8) is 0 Å². The van der Waals surface area contributed by atoms with Crippen LogP contribution in [-0.2, 0) is 16.4 Å². The van der Waals surface area contributed by atoms with Crippen LogP contribution in [0.2, 0.25) is 5.02 Å². The molecule has 1 aromatic carbocycles. The molecule has 0 radical (unpaired) electrons. The third-order valence-corrected chi connectivity index (χ3v) is 6.09. The Morgan fingerprint density at radius 2 is 2.14 bits per heavy atom. The molecule has 1 atom stereocenters. The van der Waals surface area contributed by atoms with Crippen molar-refractivity contribution < 1.29 is 12.8 Å². The first-order valence-electron chi connectivity index (χ1n) is 7.03. The first-order valence-corrected chi connectivity index (χ1v) is 9.23. The molecular weight excluding hydrogens is 310 g/mol. The zero-order chi connectivity index (χ0) is 15.0. The van der Waals surface area contributed by atoms with E-state index in [0.29, 0.717) is 23.9 Å². The summed E-state index contributed by atoms with van der Waals surface area (Å²) in [6.45, 7) is 3.79. The van der Waals surface area contributed by atoms with Gasteiger partial charge in [0.1, 0.15) is 11.3 Å². The molecule has 1 saturated heterocycles. The van der Waals surface area contributed by atoms with Crippen molar-refractivity contribution in [2.75, 3.05) is 24.6 Å². The Bertz CT molecular complexity index is 753. The number of benzene rings is 1. The topological polar surface area (TPSA) is 50.5 Å². The number of rotatable bonds is 2. The van der Waals surface area contributed by atoms with E-state index in [1.807, 2.05) is 31.2 Å². The number of nitrogens with zero attached hydrogens (tertiary/aromatic N) is 1. The lowest BCUT2D eigenvalue weighted by molar-refractivity contribution is 0.239. The highest BCUT2D eigenvalue weighted by Crippen LogP contribution is 2.31. The monoisotopic (exact) mass is 327 g/mol. The van der Waals surface area contributed by atoms with Crippen molar-refractivity contribution in [1.29, 1.82) is 0 Å². The maximum atomic E-state index is 11.8. The van der Waals surface area contributed by atoms with Gasteiger partial charge in [-0.2, -0.15) is 0 Å². The van der Waals surface area contributed by atoms with Crippen LogP contribution in [0.25, 0.3) is 11.0 Å². The number of hydrogen-bond donors (Lipinski definition) is 0. The van der Waals surface area contributed by atoms with Crippen molar-refractivity contribution in [2.24, 2.45) is 5.92 Å². The van der Waals surface area contributed by atoms with Gasteiger partial charge in [-0.15, -0.1) is 0 Å². The first kappa shape index (κ1) is 14.9. The molecule has 3 rings (SSSR count). The van der Waals surface area contributed by atoms with Gasteiger partial charge in [-0.1, -0.05) is 30.7 Å². The van der Waals surface area contributed by atoms with E-state index in [4.69, 9.17) is 16.0 Å². The van der Waals surface area contributed by atoms with Crippen LogP contribution < -0.4 is 0 Å². The van der Waals surface area contributed by atoms with E-state index in [1.54, 1.807) is 0 Å². The lowest BCUT2D eigenvalue weighted by Crippen LogP contribution is -2.28. The molecule has 1 aliphatic rings. The van der Waals surface area contributed by atoms with Crippen LogP contribution in [0.5, 0.6) is 0 Å². The molecular formula is C15H18ClNO3S. The molecule has 1 unspecified atom stereocenters. The third-order valence-electron chi connectivity index (χ3n) is 3.80. The quantitative estimate of drug-likeness (QED) is 0.851. The van der Waals surface area contributed by atoms with Gasteiger partial charge in [0.25, 0.3) is 0 Å². The minimum atomic E-state index is -2.93. The number of para-hydroxylation sites is 1. The molecule has 0 spiro atoms. The van der Waals surface area contributed by atoms with E-state index in [9.17, 15) is 8.42 Å². The maximum absolute atomic E-state index is 11.8. The SMILES string of the molecule is CC1CN(Cc2oc3ccccc3c2Cl)CCS(=O)(=O)C1. The standard InChI is InChI=1S/C15H18ClNO3S/c1-11-8-17(6-7-21(18,19)10-11)9-14-15(16)12-4-2-3-5-13(12)20-14/h2-5,11H,6-10H2,1H3. The van der Waals surface area contributed by atoms with Crippen molar-refractivity contribution in [2.45, 2.75) is 13.5 Å². The smallest absolute Gasteiger partial charge is 0.151 e. The number of furan rings is 1. The van der Waals surface area contributed by atoms with Gasteiger partial charge in [-0.3, -0.25) is 4.90 Å². The maximum Gasteiger partial charge on any atom is 0.151 e. The molecule has 6 heteroatoms. The molecule has 0 bridgehead atoms. The van der Waals surface area contributed by atoms with Crippen LogP contribution in [0, 0.1) is 5.92 Å². The summed E-state index contributed by atoms with van der Waals surface area (Å²) >= 11 is 6.37. The van der Waals surface area contributed by atoms with Crippen molar-refractivity contribution in [3.05, 3.63) is 35.0 Å². The highest BCUT2D eigenvalue weighted by atomic mass is 35.5. The highest BCUT2D eigenvalue weighted by Gasteiger charge is 2.25. The molecule has 0 saturated carbocycles. The Hall–Kier alpha value is -1.04. The fraction of sp³-hybridized carbons (Fsp3) is 0.467. The molecule has 21 heavy (non-hydrogen) atoms. The number of fused-ring (bicyclic) bond motifs is 1. The summed E-state index contributed by atoms with van der Waals surface area (Å²) < 4.78 is 29.4. The Morgan fingerprint density at radius 1 is 1.38 bits per heavy atom. The molecule has 1 aliphatic heterocycles. The molecule has 2 heterocycles. The summed E-state index contributed by atoms with van der Waals surface area (Å²) in [5.74, 6) is 1.30. The van der Waals surface area contributed by atoms with E-state index in [2.05, 4.69) is 4.90 Å². The van der Waals surface area contributed by atoms with Gasteiger partial charge >= 0.3 is 0 Å². The summed E-state index contributed by atoms with van der Waals surface area (Å²) in [4.78, 5) is 2.11. The van der Waals surface area contributed by atoms with Crippen molar-refractivity contribution in [3.8, 4) is 0 Å². The van der Waals surface area contributed by atoms with E-state index in [-0.39, 0.29) is 17.4 Å². The summed E-state index contributed by atoms with van der Waals surface area (Å²) in [5, 5.41) is 1.54. The van der Waals surface area contributed by atoms with Gasteiger partial charge in [0.05, 0.1) is 23.1 Å². The Labute approximate surface area is 129 Å². The van der Waals surface area contributed by atoms with Crippen LogP contribution in [0.3, 0.4) is 0 Å². The second kappa shape index (κ2) is 5.63. The predicted octanol–water partition coefficient (Wildman–Crippen LogP) is 2.95. The van der Waals surface area contributed by atoms with Gasteiger partial charge in [-0.25, -0.2) is 8.42 Å². The molecule has 0 amide bonds. The minimum absolute atomic E-state index is 0.126. The van der Waals surface area contributed by atoms with Gasteiger partial charge in [0.2, 0.25) is 0 Å². The normalized spacial score (nSPS) is 23.2. The van der Waals surface area contributed by atoms with E-state index in [1.165, 1.54) is 0 Å². The van der Waals surface area contributed by atoms with Crippen LogP contribution in [-0.4, -0.2) is 37.9 Å². The molecule has 0 N–H and O–H groups in total. The molecule has 4 nitrogen and oxygen atoms in total. The predicted molar refractivity (Wildman–Crippen MR) is 84.3 cm³/mol. The number of hydrogen-bond acceptors (Lipinski definition) is 4. The van der Waals surface area contributed by atoms with Gasteiger partial charge < -0.3 is 4.42 Å². The van der Waals surface area contributed by atoms with E-state index in [0.717, 1.165) is 17.5 Å². The fourth-order valence-electron chi connectivity index (χ4n) is 2.88. The Balaban J connectivity index is 1.83. The minimum Gasteiger partial charge on any atom is -0.458 e. The van der Waals surface area contributed by atoms with E-state index < -0.39 is 9.84 Å². The van der Waals surface area contributed by atoms with Crippen LogP contribution in [0.4, 0.5) is 0 Å². The number of sulfone groups is 1. The largest absolute Gasteiger partial charge is 0.458 e. The summed E-state index contributed by atoms with van der Waals surface area (Å²) in [6, 6.07) is 7.65. The first-order chi connectivity index (χ1) is 9.94. The number of halogens is 1. The Kier molecular flexibility index (Phi) is 3.99. The van der Waals surface area contributed by atoms with Crippen molar-refractivity contribution in [1.82, 2.24) is 4.90 Å². The van der Waals surface area contributed by atoms with Crippen LogP contribution in [0.15, 0.2) is 28.7 Å². The summed E-state index contributed by atoms with van der Waals surface area (Å²) in [7, 11) is -2.93. The van der Waals surface area contributed by atoms with Crippen LogP contribution in [0.1, 0.15) is 12.7 Å². The average molecular weight is 328 g/mol. The van der Waals surface area contributed by atoms with Gasteiger partial charge in [0, 0.05) is 18.5 Å². The highest BCUT2D eigenvalue weighted by molar-refractivity contribution is 7.91. The molecule has 114 valence electrons.